The summed E-state index contributed by atoms with van der Waals surface area (Å²) < 4.78 is 7.65. The highest BCUT2D eigenvalue weighted by atomic mass is 32.2. The second kappa shape index (κ2) is 12.0. The third-order valence-corrected chi connectivity index (χ3v) is 6.77. The molecule has 0 unspecified atom stereocenters. The number of ether oxygens (including phenoxy) is 1. The van der Waals surface area contributed by atoms with Crippen molar-refractivity contribution >= 4 is 40.1 Å². The van der Waals surface area contributed by atoms with Crippen molar-refractivity contribution in [2.45, 2.75) is 20.8 Å². The number of fused-ring (bicyclic) bond motifs is 1. The summed E-state index contributed by atoms with van der Waals surface area (Å²) in [7, 11) is 0. The van der Waals surface area contributed by atoms with E-state index in [1.54, 1.807) is 18.9 Å². The van der Waals surface area contributed by atoms with Crippen molar-refractivity contribution in [3.05, 3.63) is 89.5 Å². The van der Waals surface area contributed by atoms with Gasteiger partial charge >= 0.3 is 0 Å². The minimum atomic E-state index is -0.122. The second-order valence-corrected chi connectivity index (χ2v) is 9.54. The summed E-state index contributed by atoms with van der Waals surface area (Å²) in [6.07, 6.45) is 0. The molecule has 2 N–H and O–H groups in total. The standard InChI is InChI=1S/C27H25N3O2S.C2H6O/c1-18-7-9-21(16-24(18)26-12-8-20-5-3-4-6-25(20)29-26)28-27(31)23-11-10-22(15-19(23)2)30-17-32-13-14-33-30;1-2-3/h3-12,15-16H,13-14,17H2,1-2H3,(H,28,31);3H,2H2,1H3. The van der Waals surface area contributed by atoms with Crippen LogP contribution in [0, 0.1) is 13.8 Å². The Kier molecular flexibility index (Phi) is 8.59. The van der Waals surface area contributed by atoms with E-state index in [-0.39, 0.29) is 12.5 Å². The molecule has 0 saturated carbocycles. The molecule has 0 atom stereocenters. The lowest BCUT2D eigenvalue weighted by Crippen LogP contribution is -2.26. The van der Waals surface area contributed by atoms with Crippen molar-refractivity contribution in [1.29, 1.82) is 0 Å². The first-order chi connectivity index (χ1) is 17.5. The van der Waals surface area contributed by atoms with Crippen LogP contribution < -0.4 is 9.62 Å². The fourth-order valence-electron chi connectivity index (χ4n) is 3.99. The van der Waals surface area contributed by atoms with E-state index in [4.69, 9.17) is 14.8 Å². The van der Waals surface area contributed by atoms with Gasteiger partial charge in [0.25, 0.3) is 5.91 Å². The van der Waals surface area contributed by atoms with Crippen LogP contribution >= 0.6 is 11.9 Å². The number of anilines is 2. The number of para-hydroxylation sites is 1. The van der Waals surface area contributed by atoms with Crippen LogP contribution in [0.5, 0.6) is 0 Å². The number of benzene rings is 3. The SMILES string of the molecule is CCO.Cc1cc(N2COCCS2)ccc1C(=O)Nc1ccc(C)c(-c2ccc3ccccc3n2)c1. The molecule has 2 heterocycles. The van der Waals surface area contributed by atoms with Crippen LogP contribution in [0.25, 0.3) is 22.2 Å². The highest BCUT2D eigenvalue weighted by Gasteiger charge is 2.16. The topological polar surface area (TPSA) is 74.7 Å². The van der Waals surface area contributed by atoms with Crippen LogP contribution in [-0.4, -0.2) is 41.7 Å². The highest BCUT2D eigenvalue weighted by Crippen LogP contribution is 2.29. The molecule has 4 aromatic rings. The molecule has 0 spiro atoms. The normalized spacial score (nSPS) is 13.2. The summed E-state index contributed by atoms with van der Waals surface area (Å²) in [6.45, 7) is 7.29. The second-order valence-electron chi connectivity index (χ2n) is 8.44. The van der Waals surface area contributed by atoms with Crippen LogP contribution in [0.1, 0.15) is 28.4 Å². The van der Waals surface area contributed by atoms with Crippen LogP contribution in [0.2, 0.25) is 0 Å². The molecule has 186 valence electrons. The molecule has 7 heteroatoms. The number of nitrogens with zero attached hydrogens (tertiary/aromatic N) is 2. The van der Waals surface area contributed by atoms with Gasteiger partial charge in [-0.05, 0) is 86.3 Å². The average Bonchev–Trinajstić information content (AvgIpc) is 2.90. The number of hydrogen-bond donors (Lipinski definition) is 2. The Labute approximate surface area is 216 Å². The van der Waals surface area contributed by atoms with Gasteiger partial charge in [-0.1, -0.05) is 30.3 Å². The number of aromatic nitrogens is 1. The zero-order chi connectivity index (χ0) is 25.5. The van der Waals surface area contributed by atoms with Crippen molar-refractivity contribution in [2.75, 3.05) is 35.3 Å². The number of nitrogens with one attached hydrogen (secondary N) is 1. The lowest BCUT2D eigenvalue weighted by Gasteiger charge is -2.27. The van der Waals surface area contributed by atoms with Gasteiger partial charge in [0.15, 0.2) is 0 Å². The van der Waals surface area contributed by atoms with E-state index < -0.39 is 0 Å². The number of carbonyl (C=O) groups excluding carboxylic acids is 1. The molecule has 36 heavy (non-hydrogen) atoms. The summed E-state index contributed by atoms with van der Waals surface area (Å²) in [5.41, 5.74) is 7.35. The number of aryl methyl sites for hydroxylation is 2. The van der Waals surface area contributed by atoms with E-state index in [0.29, 0.717) is 12.3 Å². The van der Waals surface area contributed by atoms with Gasteiger partial charge in [-0.3, -0.25) is 9.10 Å². The van der Waals surface area contributed by atoms with Gasteiger partial charge in [0.2, 0.25) is 0 Å². The van der Waals surface area contributed by atoms with Gasteiger partial charge in [-0.25, -0.2) is 4.98 Å². The van der Waals surface area contributed by atoms with Crippen LogP contribution in [0.15, 0.2) is 72.8 Å². The van der Waals surface area contributed by atoms with Gasteiger partial charge < -0.3 is 15.2 Å². The average molecular weight is 502 g/mol. The molecule has 1 aromatic heterocycles. The Morgan fingerprint density at radius 2 is 1.86 bits per heavy atom. The number of carbonyl (C=O) groups is 1. The highest BCUT2D eigenvalue weighted by molar-refractivity contribution is 8.00. The fraction of sp³-hybridized carbons (Fsp3) is 0.241. The Morgan fingerprint density at radius 3 is 2.61 bits per heavy atom. The maximum atomic E-state index is 13.1. The van der Waals surface area contributed by atoms with Crippen LogP contribution in [-0.2, 0) is 4.74 Å². The van der Waals surface area contributed by atoms with Gasteiger partial charge in [0, 0.05) is 40.2 Å². The number of aliphatic hydroxyl groups is 1. The molecule has 1 amide bonds. The van der Waals surface area contributed by atoms with Crippen molar-refractivity contribution in [3.63, 3.8) is 0 Å². The predicted molar refractivity (Wildman–Crippen MR) is 150 cm³/mol. The van der Waals surface area contributed by atoms with E-state index in [1.807, 2.05) is 67.6 Å². The molecule has 1 saturated heterocycles. The Morgan fingerprint density at radius 1 is 1.06 bits per heavy atom. The first-order valence-electron chi connectivity index (χ1n) is 12.0. The summed E-state index contributed by atoms with van der Waals surface area (Å²) in [4.78, 5) is 17.9. The summed E-state index contributed by atoms with van der Waals surface area (Å²) in [6, 6.07) is 24.0. The number of pyridine rings is 1. The first-order valence-corrected chi connectivity index (χ1v) is 12.9. The molecule has 6 nitrogen and oxygen atoms in total. The number of hydrogen-bond acceptors (Lipinski definition) is 6. The Bertz CT molecular complexity index is 1350. The lowest BCUT2D eigenvalue weighted by atomic mass is 10.0. The van der Waals surface area contributed by atoms with Gasteiger partial charge in [-0.2, -0.15) is 0 Å². The monoisotopic (exact) mass is 501 g/mol. The Balaban J connectivity index is 0.000000967. The van der Waals surface area contributed by atoms with E-state index in [9.17, 15) is 4.79 Å². The van der Waals surface area contributed by atoms with E-state index in [2.05, 4.69) is 28.7 Å². The quantitative estimate of drug-likeness (QED) is 0.324. The van der Waals surface area contributed by atoms with E-state index >= 15 is 0 Å². The number of amides is 1. The zero-order valence-corrected chi connectivity index (χ0v) is 21.6. The molecule has 3 aromatic carbocycles. The molecular formula is C29H31N3O3S. The van der Waals surface area contributed by atoms with Gasteiger partial charge in [0.05, 0.1) is 17.8 Å². The largest absolute Gasteiger partial charge is 0.397 e. The predicted octanol–water partition coefficient (Wildman–Crippen LogP) is 6.21. The molecule has 1 fully saturated rings. The minimum absolute atomic E-state index is 0.122. The van der Waals surface area contributed by atoms with E-state index in [1.165, 1.54) is 0 Å². The minimum Gasteiger partial charge on any atom is -0.397 e. The molecule has 0 aliphatic carbocycles. The van der Waals surface area contributed by atoms with Crippen molar-refractivity contribution in [1.82, 2.24) is 4.98 Å². The first kappa shape index (κ1) is 25.7. The molecule has 1 aliphatic rings. The third kappa shape index (κ3) is 6.05. The molecule has 0 bridgehead atoms. The maximum Gasteiger partial charge on any atom is 0.255 e. The van der Waals surface area contributed by atoms with Crippen LogP contribution in [0.3, 0.4) is 0 Å². The van der Waals surface area contributed by atoms with Gasteiger partial charge in [-0.15, -0.1) is 0 Å². The van der Waals surface area contributed by atoms with E-state index in [0.717, 1.165) is 57.0 Å². The van der Waals surface area contributed by atoms with Crippen molar-refractivity contribution < 1.29 is 14.6 Å². The fourth-order valence-corrected chi connectivity index (χ4v) is 4.81. The van der Waals surface area contributed by atoms with Crippen LogP contribution in [0.4, 0.5) is 11.4 Å². The number of rotatable bonds is 4. The summed E-state index contributed by atoms with van der Waals surface area (Å²) in [5, 5.41) is 11.7. The number of aliphatic hydroxyl groups excluding tert-OH is 1. The molecular weight excluding hydrogens is 470 g/mol. The van der Waals surface area contributed by atoms with Gasteiger partial charge in [0.1, 0.15) is 6.73 Å². The summed E-state index contributed by atoms with van der Waals surface area (Å²) >= 11 is 1.75. The maximum absolute atomic E-state index is 13.1. The third-order valence-electron chi connectivity index (χ3n) is 5.80. The van der Waals surface area contributed by atoms with Crippen molar-refractivity contribution in [2.24, 2.45) is 0 Å². The zero-order valence-electron chi connectivity index (χ0n) is 20.8. The molecule has 0 radical (unpaired) electrons. The Hall–Kier alpha value is -3.39. The van der Waals surface area contributed by atoms with Crippen molar-refractivity contribution in [3.8, 4) is 11.3 Å². The molecule has 1 aliphatic heterocycles. The smallest absolute Gasteiger partial charge is 0.255 e. The summed E-state index contributed by atoms with van der Waals surface area (Å²) in [5.74, 6) is 0.811. The lowest BCUT2D eigenvalue weighted by molar-refractivity contribution is 0.102. The molecule has 5 rings (SSSR count).